The Morgan fingerprint density at radius 3 is 2.65 bits per heavy atom. The SMILES string of the molecule is Cc1ccc2c(=O)c(-c3nc(-c4ccccc4C)no3)cn(CC(=O)NC3CCCCC3)c2n1. The van der Waals surface area contributed by atoms with E-state index in [0.29, 0.717) is 16.9 Å². The Labute approximate surface area is 197 Å². The van der Waals surface area contributed by atoms with Crippen LogP contribution >= 0.6 is 0 Å². The Bertz CT molecular complexity index is 1420. The molecule has 1 aliphatic carbocycles. The number of aromatic nitrogens is 4. The van der Waals surface area contributed by atoms with Crippen molar-refractivity contribution in [2.45, 2.75) is 58.5 Å². The van der Waals surface area contributed by atoms with Gasteiger partial charge in [0.15, 0.2) is 0 Å². The molecule has 1 N–H and O–H groups in total. The highest BCUT2D eigenvalue weighted by atomic mass is 16.5. The number of aryl methyl sites for hydroxylation is 2. The maximum absolute atomic E-state index is 13.3. The normalized spacial score (nSPS) is 14.4. The number of nitrogens with zero attached hydrogens (tertiary/aromatic N) is 4. The van der Waals surface area contributed by atoms with E-state index in [-0.39, 0.29) is 35.4 Å². The summed E-state index contributed by atoms with van der Waals surface area (Å²) >= 11 is 0. The largest absolute Gasteiger partial charge is 0.352 e. The standard InChI is InChI=1S/C26H27N5O3/c1-16-8-6-7-11-19(16)24-29-26(34-30-24)21-14-31(15-22(32)28-18-9-4-3-5-10-18)25-20(23(21)33)13-12-17(2)27-25/h6-8,11-14,18H,3-5,9-10,15H2,1-2H3,(H,28,32). The molecule has 0 atom stereocenters. The first-order chi connectivity index (χ1) is 16.5. The van der Waals surface area contributed by atoms with Gasteiger partial charge in [-0.05, 0) is 44.4 Å². The molecule has 1 saturated carbocycles. The molecule has 3 heterocycles. The van der Waals surface area contributed by atoms with Gasteiger partial charge in [0, 0.05) is 23.5 Å². The van der Waals surface area contributed by atoms with Crippen LogP contribution in [0.5, 0.6) is 0 Å². The van der Waals surface area contributed by atoms with E-state index in [1.807, 2.05) is 38.1 Å². The van der Waals surface area contributed by atoms with Gasteiger partial charge in [0.2, 0.25) is 17.2 Å². The summed E-state index contributed by atoms with van der Waals surface area (Å²) in [6.45, 7) is 3.87. The van der Waals surface area contributed by atoms with E-state index in [2.05, 4.69) is 20.4 Å². The van der Waals surface area contributed by atoms with Crippen LogP contribution in [0, 0.1) is 13.8 Å². The molecule has 5 rings (SSSR count). The topological polar surface area (TPSA) is 103 Å². The maximum atomic E-state index is 13.3. The van der Waals surface area contributed by atoms with Gasteiger partial charge in [-0.2, -0.15) is 4.98 Å². The lowest BCUT2D eigenvalue weighted by Gasteiger charge is -2.23. The van der Waals surface area contributed by atoms with Gasteiger partial charge < -0.3 is 14.4 Å². The second-order valence-corrected chi connectivity index (χ2v) is 8.96. The molecular formula is C26H27N5O3. The van der Waals surface area contributed by atoms with Gasteiger partial charge in [-0.1, -0.05) is 48.7 Å². The molecule has 0 radical (unpaired) electrons. The first-order valence-corrected chi connectivity index (χ1v) is 11.7. The van der Waals surface area contributed by atoms with Crippen LogP contribution in [0.1, 0.15) is 43.4 Å². The van der Waals surface area contributed by atoms with Crippen LogP contribution < -0.4 is 10.7 Å². The Kier molecular flexibility index (Phi) is 5.96. The second-order valence-electron chi connectivity index (χ2n) is 8.96. The number of carbonyl (C=O) groups is 1. The van der Waals surface area contributed by atoms with Crippen LogP contribution in [-0.4, -0.2) is 31.6 Å². The average molecular weight is 458 g/mol. The third-order valence-corrected chi connectivity index (χ3v) is 6.39. The zero-order chi connectivity index (χ0) is 23.7. The Morgan fingerprint density at radius 1 is 1.06 bits per heavy atom. The van der Waals surface area contributed by atoms with Crippen molar-refractivity contribution in [3.8, 4) is 22.8 Å². The molecule has 8 heteroatoms. The van der Waals surface area contributed by atoms with Crippen molar-refractivity contribution in [2.24, 2.45) is 0 Å². The lowest BCUT2D eigenvalue weighted by atomic mass is 9.95. The van der Waals surface area contributed by atoms with Crippen molar-refractivity contribution in [1.29, 1.82) is 0 Å². The average Bonchev–Trinajstić information content (AvgIpc) is 3.31. The van der Waals surface area contributed by atoms with Gasteiger partial charge in [0.25, 0.3) is 5.89 Å². The zero-order valence-corrected chi connectivity index (χ0v) is 19.4. The van der Waals surface area contributed by atoms with E-state index >= 15 is 0 Å². The molecule has 1 aromatic carbocycles. The van der Waals surface area contributed by atoms with Crippen molar-refractivity contribution in [1.82, 2.24) is 25.0 Å². The summed E-state index contributed by atoms with van der Waals surface area (Å²) in [7, 11) is 0. The first kappa shape index (κ1) is 22.0. The summed E-state index contributed by atoms with van der Waals surface area (Å²) in [5.74, 6) is 0.431. The highest BCUT2D eigenvalue weighted by molar-refractivity contribution is 5.83. The number of rotatable bonds is 5. The molecule has 4 aromatic rings. The van der Waals surface area contributed by atoms with Gasteiger partial charge in [-0.3, -0.25) is 9.59 Å². The number of fused-ring (bicyclic) bond motifs is 1. The van der Waals surface area contributed by atoms with Crippen LogP contribution in [0.4, 0.5) is 0 Å². The number of benzene rings is 1. The third-order valence-electron chi connectivity index (χ3n) is 6.39. The van der Waals surface area contributed by atoms with Crippen LogP contribution in [0.3, 0.4) is 0 Å². The zero-order valence-electron chi connectivity index (χ0n) is 19.4. The van der Waals surface area contributed by atoms with Crippen LogP contribution in [-0.2, 0) is 11.3 Å². The van der Waals surface area contributed by atoms with Crippen molar-refractivity contribution < 1.29 is 9.32 Å². The van der Waals surface area contributed by atoms with E-state index < -0.39 is 0 Å². The molecule has 0 saturated heterocycles. The summed E-state index contributed by atoms with van der Waals surface area (Å²) < 4.78 is 7.20. The summed E-state index contributed by atoms with van der Waals surface area (Å²) in [6.07, 6.45) is 7.10. The van der Waals surface area contributed by atoms with E-state index in [4.69, 9.17) is 4.52 Å². The minimum Gasteiger partial charge on any atom is -0.352 e. The molecule has 1 amide bonds. The Morgan fingerprint density at radius 2 is 1.85 bits per heavy atom. The summed E-state index contributed by atoms with van der Waals surface area (Å²) in [6, 6.07) is 11.4. The molecule has 174 valence electrons. The smallest absolute Gasteiger partial charge is 0.263 e. The molecule has 0 bridgehead atoms. The second kappa shape index (κ2) is 9.21. The maximum Gasteiger partial charge on any atom is 0.263 e. The van der Waals surface area contributed by atoms with Gasteiger partial charge in [-0.15, -0.1) is 0 Å². The minimum atomic E-state index is -0.258. The fraction of sp³-hybridized carbons (Fsp3) is 0.346. The van der Waals surface area contributed by atoms with E-state index in [1.54, 1.807) is 22.9 Å². The molecule has 3 aromatic heterocycles. The minimum absolute atomic E-state index is 0.0511. The number of pyridine rings is 2. The van der Waals surface area contributed by atoms with Gasteiger partial charge in [0.1, 0.15) is 17.8 Å². The highest BCUT2D eigenvalue weighted by Crippen LogP contribution is 2.24. The van der Waals surface area contributed by atoms with Crippen LogP contribution in [0.2, 0.25) is 0 Å². The lowest BCUT2D eigenvalue weighted by Crippen LogP contribution is -2.38. The van der Waals surface area contributed by atoms with Gasteiger partial charge in [-0.25, -0.2) is 4.98 Å². The molecule has 34 heavy (non-hydrogen) atoms. The predicted molar refractivity (Wildman–Crippen MR) is 129 cm³/mol. The van der Waals surface area contributed by atoms with E-state index in [1.165, 1.54) is 6.42 Å². The summed E-state index contributed by atoms with van der Waals surface area (Å²) in [4.78, 5) is 35.3. The van der Waals surface area contributed by atoms with Crippen LogP contribution in [0.15, 0.2) is 51.9 Å². The molecule has 0 aliphatic heterocycles. The molecule has 0 unspecified atom stereocenters. The van der Waals surface area contributed by atoms with Crippen LogP contribution in [0.25, 0.3) is 33.9 Å². The van der Waals surface area contributed by atoms with Gasteiger partial charge >= 0.3 is 0 Å². The quantitative estimate of drug-likeness (QED) is 0.482. The van der Waals surface area contributed by atoms with E-state index in [9.17, 15) is 9.59 Å². The molecule has 1 fully saturated rings. The fourth-order valence-corrected chi connectivity index (χ4v) is 4.57. The predicted octanol–water partition coefficient (Wildman–Crippen LogP) is 4.18. The number of carbonyl (C=O) groups excluding carboxylic acids is 1. The van der Waals surface area contributed by atoms with Crippen molar-refractivity contribution in [3.05, 3.63) is 64.1 Å². The Hall–Kier alpha value is -3.81. The summed E-state index contributed by atoms with van der Waals surface area (Å²) in [5, 5.41) is 7.64. The summed E-state index contributed by atoms with van der Waals surface area (Å²) in [5.41, 5.74) is 3.06. The van der Waals surface area contributed by atoms with Crippen molar-refractivity contribution in [2.75, 3.05) is 0 Å². The van der Waals surface area contributed by atoms with Crippen molar-refractivity contribution in [3.63, 3.8) is 0 Å². The van der Waals surface area contributed by atoms with Gasteiger partial charge in [0.05, 0.1) is 5.39 Å². The fourth-order valence-electron chi connectivity index (χ4n) is 4.57. The molecular weight excluding hydrogens is 430 g/mol. The molecule has 8 nitrogen and oxygen atoms in total. The third kappa shape index (κ3) is 4.35. The highest BCUT2D eigenvalue weighted by Gasteiger charge is 2.21. The molecule has 1 aliphatic rings. The lowest BCUT2D eigenvalue weighted by molar-refractivity contribution is -0.122. The molecule has 0 spiro atoms. The van der Waals surface area contributed by atoms with E-state index in [0.717, 1.165) is 42.5 Å². The number of hydrogen-bond acceptors (Lipinski definition) is 6. The van der Waals surface area contributed by atoms with Crippen molar-refractivity contribution >= 4 is 16.9 Å². The number of amides is 1. The first-order valence-electron chi connectivity index (χ1n) is 11.7. The monoisotopic (exact) mass is 457 g/mol. The Balaban J connectivity index is 1.54. The number of nitrogens with one attached hydrogen (secondary N) is 1. The number of hydrogen-bond donors (Lipinski definition) is 1.